The first kappa shape index (κ1) is 22.6. The van der Waals surface area contributed by atoms with Gasteiger partial charge in [-0.2, -0.15) is 0 Å². The molecule has 172 valence electrons. The molecule has 6 heteroatoms. The summed E-state index contributed by atoms with van der Waals surface area (Å²) in [5.74, 6) is 0.672. The number of hydrogen-bond donors (Lipinski definition) is 1. The third-order valence-corrected chi connectivity index (χ3v) is 5.42. The van der Waals surface area contributed by atoms with E-state index in [1.807, 2.05) is 36.4 Å². The zero-order valence-electron chi connectivity index (χ0n) is 18.6. The molecule has 1 atom stereocenters. The maximum atomic E-state index is 14.2. The fourth-order valence-electron chi connectivity index (χ4n) is 3.42. The molecule has 0 spiro atoms. The van der Waals surface area contributed by atoms with Crippen molar-refractivity contribution in [2.24, 2.45) is 0 Å². The van der Waals surface area contributed by atoms with Gasteiger partial charge >= 0.3 is 5.97 Å². The van der Waals surface area contributed by atoms with Crippen LogP contribution >= 0.6 is 0 Å². The fourth-order valence-corrected chi connectivity index (χ4v) is 3.42. The van der Waals surface area contributed by atoms with Gasteiger partial charge in [0.25, 0.3) is 0 Å². The SMILES string of the molecule is C1CC1.COc1ccc(F)c(-c2ccc(C3COc4ccc(CCC(=O)O)cc4O3)cc2)c1. The standard InChI is InChI=1S/C24H21FO5.C3H6/c1-28-18-8-9-20(25)19(13-18)16-4-6-17(7-5-16)23-14-29-21-10-2-15(3-11-24(26)27)12-22(21)30-23;1-2-3-1/h2,4-10,12-13,23H,3,11,14H2,1H3,(H,26,27);1-3H2. The molecule has 5 nitrogen and oxygen atoms in total. The Labute approximate surface area is 192 Å². The second-order valence-electron chi connectivity index (χ2n) is 8.12. The Morgan fingerprint density at radius 2 is 1.79 bits per heavy atom. The number of fused-ring (bicyclic) bond motifs is 1. The highest BCUT2D eigenvalue weighted by atomic mass is 19.1. The van der Waals surface area contributed by atoms with Crippen molar-refractivity contribution in [3.05, 3.63) is 77.6 Å². The molecule has 1 N–H and O–H groups in total. The lowest BCUT2D eigenvalue weighted by atomic mass is 10.0. The normalized spacial score (nSPS) is 15.8. The molecule has 3 aromatic carbocycles. The van der Waals surface area contributed by atoms with Crippen LogP contribution in [-0.4, -0.2) is 24.8 Å². The van der Waals surface area contributed by atoms with Gasteiger partial charge in [0.1, 0.15) is 18.2 Å². The van der Waals surface area contributed by atoms with Crippen LogP contribution in [0.4, 0.5) is 4.39 Å². The number of aryl methyl sites for hydroxylation is 1. The largest absolute Gasteiger partial charge is 0.497 e. The summed E-state index contributed by atoms with van der Waals surface area (Å²) in [7, 11) is 1.55. The van der Waals surface area contributed by atoms with Gasteiger partial charge in [0.15, 0.2) is 17.6 Å². The molecule has 0 saturated heterocycles. The summed E-state index contributed by atoms with van der Waals surface area (Å²) in [5.41, 5.74) is 2.99. The number of carboxylic acids is 1. The third-order valence-electron chi connectivity index (χ3n) is 5.42. The average molecular weight is 451 g/mol. The van der Waals surface area contributed by atoms with Gasteiger partial charge in [-0.05, 0) is 53.4 Å². The summed E-state index contributed by atoms with van der Waals surface area (Å²) < 4.78 is 31.3. The van der Waals surface area contributed by atoms with Crippen molar-refractivity contribution < 1.29 is 28.5 Å². The molecule has 1 saturated carbocycles. The Hall–Kier alpha value is -3.54. The van der Waals surface area contributed by atoms with Crippen molar-refractivity contribution in [2.45, 2.75) is 38.2 Å². The van der Waals surface area contributed by atoms with Crippen LogP contribution in [0.3, 0.4) is 0 Å². The van der Waals surface area contributed by atoms with Crippen molar-refractivity contribution in [3.63, 3.8) is 0 Å². The van der Waals surface area contributed by atoms with Gasteiger partial charge in [0, 0.05) is 12.0 Å². The smallest absolute Gasteiger partial charge is 0.303 e. The van der Waals surface area contributed by atoms with E-state index in [4.69, 9.17) is 19.3 Å². The molecule has 1 aliphatic carbocycles. The first-order valence-corrected chi connectivity index (χ1v) is 11.1. The number of methoxy groups -OCH3 is 1. The van der Waals surface area contributed by atoms with Crippen LogP contribution in [0.15, 0.2) is 60.7 Å². The van der Waals surface area contributed by atoms with E-state index in [2.05, 4.69) is 0 Å². The van der Waals surface area contributed by atoms with Gasteiger partial charge in [-0.1, -0.05) is 49.6 Å². The minimum atomic E-state index is -0.838. The molecule has 0 aromatic heterocycles. The first-order chi connectivity index (χ1) is 16.0. The molecule has 1 fully saturated rings. The zero-order chi connectivity index (χ0) is 23.2. The molecule has 33 heavy (non-hydrogen) atoms. The summed E-state index contributed by atoms with van der Waals surface area (Å²) in [6.45, 7) is 0.355. The summed E-state index contributed by atoms with van der Waals surface area (Å²) in [4.78, 5) is 10.8. The van der Waals surface area contributed by atoms with E-state index in [0.717, 1.165) is 16.7 Å². The minimum Gasteiger partial charge on any atom is -0.497 e. The Morgan fingerprint density at radius 3 is 2.45 bits per heavy atom. The molecule has 1 unspecified atom stereocenters. The quantitative estimate of drug-likeness (QED) is 0.484. The van der Waals surface area contributed by atoms with Crippen molar-refractivity contribution in [3.8, 4) is 28.4 Å². The van der Waals surface area contributed by atoms with Gasteiger partial charge in [-0.15, -0.1) is 0 Å². The number of carboxylic acid groups (broad SMARTS) is 1. The van der Waals surface area contributed by atoms with E-state index < -0.39 is 5.97 Å². The van der Waals surface area contributed by atoms with Crippen molar-refractivity contribution in [2.75, 3.05) is 13.7 Å². The number of rotatable bonds is 6. The van der Waals surface area contributed by atoms with Crippen LogP contribution in [0.5, 0.6) is 17.2 Å². The highest BCUT2D eigenvalue weighted by Gasteiger charge is 2.23. The third kappa shape index (κ3) is 6.04. The molecule has 0 bridgehead atoms. The van der Waals surface area contributed by atoms with E-state index in [1.54, 1.807) is 25.3 Å². The predicted molar refractivity (Wildman–Crippen MR) is 124 cm³/mol. The van der Waals surface area contributed by atoms with Crippen LogP contribution in [0.1, 0.15) is 42.9 Å². The summed E-state index contributed by atoms with van der Waals surface area (Å²) in [6, 6.07) is 17.6. The van der Waals surface area contributed by atoms with Gasteiger partial charge in [0.2, 0.25) is 0 Å². The lowest BCUT2D eigenvalue weighted by Crippen LogP contribution is -2.21. The van der Waals surface area contributed by atoms with E-state index >= 15 is 0 Å². The number of ether oxygens (including phenoxy) is 3. The summed E-state index contributed by atoms with van der Waals surface area (Å²) in [6.07, 6.45) is 4.68. The van der Waals surface area contributed by atoms with Crippen molar-refractivity contribution >= 4 is 5.97 Å². The lowest BCUT2D eigenvalue weighted by molar-refractivity contribution is -0.136. The van der Waals surface area contributed by atoms with Crippen LogP contribution in [0.25, 0.3) is 11.1 Å². The van der Waals surface area contributed by atoms with Gasteiger partial charge < -0.3 is 19.3 Å². The van der Waals surface area contributed by atoms with Gasteiger partial charge in [-0.25, -0.2) is 4.39 Å². The molecule has 0 amide bonds. The molecule has 3 aromatic rings. The monoisotopic (exact) mass is 450 g/mol. The van der Waals surface area contributed by atoms with E-state index in [-0.39, 0.29) is 18.3 Å². The number of carbonyl (C=O) groups is 1. The second-order valence-corrected chi connectivity index (χ2v) is 8.12. The van der Waals surface area contributed by atoms with Gasteiger partial charge in [-0.3, -0.25) is 4.79 Å². The summed E-state index contributed by atoms with van der Waals surface area (Å²) in [5, 5.41) is 8.87. The lowest BCUT2D eigenvalue weighted by Gasteiger charge is -2.27. The minimum absolute atomic E-state index is 0.0609. The molecule has 1 aliphatic heterocycles. The van der Waals surface area contributed by atoms with Gasteiger partial charge in [0.05, 0.1) is 7.11 Å². The van der Waals surface area contributed by atoms with E-state index in [1.165, 1.54) is 25.3 Å². The highest BCUT2D eigenvalue weighted by Crippen LogP contribution is 2.38. The van der Waals surface area contributed by atoms with E-state index in [9.17, 15) is 9.18 Å². The fraction of sp³-hybridized carbons (Fsp3) is 0.296. The average Bonchev–Trinajstić information content (AvgIpc) is 3.72. The second kappa shape index (κ2) is 10.4. The molecule has 5 rings (SSSR count). The van der Waals surface area contributed by atoms with Crippen molar-refractivity contribution in [1.82, 2.24) is 0 Å². The van der Waals surface area contributed by atoms with Crippen LogP contribution < -0.4 is 14.2 Å². The highest BCUT2D eigenvalue weighted by molar-refractivity contribution is 5.67. The maximum Gasteiger partial charge on any atom is 0.303 e. The van der Waals surface area contributed by atoms with Crippen molar-refractivity contribution in [1.29, 1.82) is 0 Å². The molecule has 0 radical (unpaired) electrons. The Balaban J connectivity index is 0.000000799. The number of benzene rings is 3. The topological polar surface area (TPSA) is 65.0 Å². The molecular formula is C27H27FO5. The number of hydrogen-bond acceptors (Lipinski definition) is 4. The number of aliphatic carboxylic acids is 1. The molecular weight excluding hydrogens is 423 g/mol. The predicted octanol–water partition coefficient (Wildman–Crippen LogP) is 6.20. The Morgan fingerprint density at radius 1 is 1.03 bits per heavy atom. The zero-order valence-corrected chi connectivity index (χ0v) is 18.6. The first-order valence-electron chi connectivity index (χ1n) is 11.1. The molecule has 1 heterocycles. The van der Waals surface area contributed by atoms with E-state index in [0.29, 0.717) is 35.8 Å². The Kier molecular flexibility index (Phi) is 7.13. The maximum absolute atomic E-state index is 14.2. The van der Waals surface area contributed by atoms with Crippen LogP contribution in [0, 0.1) is 5.82 Å². The van der Waals surface area contributed by atoms with Crippen LogP contribution in [0.2, 0.25) is 0 Å². The molecule has 2 aliphatic rings. The summed E-state index contributed by atoms with van der Waals surface area (Å²) >= 11 is 0. The van der Waals surface area contributed by atoms with Crippen LogP contribution in [-0.2, 0) is 11.2 Å². The Bertz CT molecular complexity index is 1110. The number of halogens is 1.